The molecule has 0 aromatic heterocycles. The van der Waals surface area contributed by atoms with Gasteiger partial charge >= 0.3 is 11.9 Å². The Morgan fingerprint density at radius 1 is 0.767 bits per heavy atom. The van der Waals surface area contributed by atoms with Gasteiger partial charge in [-0.05, 0) is 115 Å². The maximum atomic E-state index is 14.8. The zero-order valence-corrected chi connectivity index (χ0v) is 37.0. The van der Waals surface area contributed by atoms with Crippen LogP contribution in [0.4, 0.5) is 0 Å². The Kier molecular flexibility index (Phi) is 12.6. The number of hydrogen-bond donors (Lipinski definition) is 7. The van der Waals surface area contributed by atoms with Gasteiger partial charge in [-0.15, -0.1) is 0 Å². The number of aliphatic carboxylic acids is 1. The molecule has 0 aromatic rings. The minimum Gasteiger partial charge on any atom is -0.479 e. The van der Waals surface area contributed by atoms with Gasteiger partial charge in [0.1, 0.15) is 42.7 Å². The third-order valence-corrected chi connectivity index (χ3v) is 17.9. The summed E-state index contributed by atoms with van der Waals surface area (Å²) in [5, 5.41) is 73.8. The van der Waals surface area contributed by atoms with E-state index in [0.29, 0.717) is 31.8 Å². The van der Waals surface area contributed by atoms with Crippen LogP contribution in [0.1, 0.15) is 132 Å². The van der Waals surface area contributed by atoms with Crippen molar-refractivity contribution >= 4 is 11.9 Å². The molecule has 0 unspecified atom stereocenters. The standard InChI is InChI=1S/C46H74O14/c1-9-10-21-56-23-26-30(47)31(48)34(51)38(57-26)60-40(55)46-19-17-41(2,3)22-25(46)24-11-12-28-43(6)15-14-29(58-39-35(52)32(49)33(50)36(59-39)37(53)54)42(4,5)27(43)13-16-45(28,8)44(24,7)18-20-46/h11,25-36,38-39,47-52H,9-10,12-23H2,1-8H3,(H,53,54)/t25-,26+,27-,28+,29-,30+,31-,32-,33-,34+,35+,36-,38-,39+,43-,44+,45+,46-/m0/s1. The molecule has 2 aliphatic heterocycles. The number of esters is 1. The Balaban J connectivity index is 1.13. The molecule has 2 heterocycles. The highest BCUT2D eigenvalue weighted by molar-refractivity contribution is 5.79. The second-order valence-electron chi connectivity index (χ2n) is 21.9. The number of carboxylic acids is 1. The van der Waals surface area contributed by atoms with E-state index in [9.17, 15) is 45.3 Å². The van der Waals surface area contributed by atoms with E-state index in [1.54, 1.807) is 0 Å². The number of allylic oxidation sites excluding steroid dienone is 2. The van der Waals surface area contributed by atoms with Crippen molar-refractivity contribution in [3.05, 3.63) is 11.6 Å². The van der Waals surface area contributed by atoms with E-state index in [-0.39, 0.29) is 40.1 Å². The smallest absolute Gasteiger partial charge is 0.335 e. The monoisotopic (exact) mass is 851 g/mol. The maximum absolute atomic E-state index is 14.8. The second-order valence-corrected chi connectivity index (χ2v) is 21.9. The lowest BCUT2D eigenvalue weighted by Crippen LogP contribution is -2.66. The lowest BCUT2D eigenvalue weighted by Gasteiger charge is -2.71. The SMILES string of the molecule is CCCCOC[C@H]1O[C@@H](OC(=O)[C@]23CCC(C)(C)C[C@H]2C2=CC[C@@H]4[C@@]5(C)CC[C@H](O[C@@H]6O[C@H](C(=O)O)[C@@H](O)[C@H](O)[C@H]6O)C(C)(C)[C@@H]5CC[C@@]4(C)[C@]2(C)CC3)[C@H](O)[C@@H](O)[C@@H]1O. The third-order valence-electron chi connectivity index (χ3n) is 17.9. The van der Waals surface area contributed by atoms with E-state index < -0.39 is 90.3 Å². The van der Waals surface area contributed by atoms with Gasteiger partial charge in [0.25, 0.3) is 0 Å². The summed E-state index contributed by atoms with van der Waals surface area (Å²) in [6.45, 7) is 18.7. The zero-order chi connectivity index (χ0) is 44.0. The number of hydrogen-bond acceptors (Lipinski definition) is 13. The predicted octanol–water partition coefficient (Wildman–Crippen LogP) is 4.23. The van der Waals surface area contributed by atoms with Gasteiger partial charge in [-0.3, -0.25) is 4.79 Å². The van der Waals surface area contributed by atoms with Crippen molar-refractivity contribution in [2.24, 2.45) is 50.2 Å². The van der Waals surface area contributed by atoms with E-state index in [1.807, 2.05) is 6.92 Å². The van der Waals surface area contributed by atoms with Crippen molar-refractivity contribution in [2.45, 2.75) is 200 Å². The molecule has 0 radical (unpaired) electrons. The molecule has 0 amide bonds. The lowest BCUT2D eigenvalue weighted by molar-refractivity contribution is -0.324. The summed E-state index contributed by atoms with van der Waals surface area (Å²) in [5.41, 5.74) is -0.346. The molecule has 0 bridgehead atoms. The van der Waals surface area contributed by atoms with Crippen LogP contribution in [0.3, 0.4) is 0 Å². The number of carbonyl (C=O) groups is 2. The molecule has 0 spiro atoms. The minimum absolute atomic E-state index is 0.00298. The lowest BCUT2D eigenvalue weighted by atomic mass is 9.33. The molecule has 14 nitrogen and oxygen atoms in total. The second kappa shape index (κ2) is 16.4. The van der Waals surface area contributed by atoms with Crippen LogP contribution >= 0.6 is 0 Å². The van der Waals surface area contributed by atoms with Crippen molar-refractivity contribution in [3.63, 3.8) is 0 Å². The molecular weight excluding hydrogens is 776 g/mol. The number of rotatable bonds is 10. The Morgan fingerprint density at radius 3 is 2.12 bits per heavy atom. The van der Waals surface area contributed by atoms with Crippen LogP contribution in [0.2, 0.25) is 0 Å². The number of aliphatic hydroxyl groups excluding tert-OH is 6. The number of unbranched alkanes of at least 4 members (excludes halogenated alkanes) is 1. The Morgan fingerprint density at radius 2 is 1.43 bits per heavy atom. The number of fused-ring (bicyclic) bond motifs is 7. The summed E-state index contributed by atoms with van der Waals surface area (Å²) in [7, 11) is 0. The molecule has 342 valence electrons. The molecule has 4 saturated carbocycles. The summed E-state index contributed by atoms with van der Waals surface area (Å²) in [4.78, 5) is 26.6. The first-order valence-corrected chi connectivity index (χ1v) is 22.8. The van der Waals surface area contributed by atoms with Gasteiger partial charge in [0, 0.05) is 6.61 Å². The average molecular weight is 851 g/mol. The maximum Gasteiger partial charge on any atom is 0.335 e. The largest absolute Gasteiger partial charge is 0.479 e. The summed E-state index contributed by atoms with van der Waals surface area (Å²) in [5.74, 6) is -1.42. The molecule has 18 atom stereocenters. The zero-order valence-electron chi connectivity index (χ0n) is 37.0. The Bertz CT molecular complexity index is 1630. The molecule has 0 aromatic carbocycles. The summed E-state index contributed by atoms with van der Waals surface area (Å²) in [6.07, 6.45) is -3.56. The molecule has 2 saturated heterocycles. The molecule has 7 aliphatic rings. The highest BCUT2D eigenvalue weighted by atomic mass is 16.7. The quantitative estimate of drug-likeness (QED) is 0.0708. The van der Waals surface area contributed by atoms with Crippen LogP contribution in [0.25, 0.3) is 0 Å². The summed E-state index contributed by atoms with van der Waals surface area (Å²) < 4.78 is 29.8. The van der Waals surface area contributed by atoms with E-state index in [4.69, 9.17) is 23.7 Å². The molecule has 14 heteroatoms. The fourth-order valence-electron chi connectivity index (χ4n) is 14.0. The topological polar surface area (TPSA) is 222 Å². The van der Waals surface area contributed by atoms with Crippen LogP contribution in [-0.2, 0) is 33.3 Å². The van der Waals surface area contributed by atoms with Gasteiger partial charge in [0.2, 0.25) is 6.29 Å². The van der Waals surface area contributed by atoms with Crippen molar-refractivity contribution in [1.82, 2.24) is 0 Å². The predicted molar refractivity (Wildman–Crippen MR) is 217 cm³/mol. The first-order valence-electron chi connectivity index (χ1n) is 22.8. The van der Waals surface area contributed by atoms with Gasteiger partial charge < -0.3 is 59.4 Å². The van der Waals surface area contributed by atoms with Gasteiger partial charge in [-0.2, -0.15) is 0 Å². The Hall–Kier alpha value is -1.72. The minimum atomic E-state index is -1.78. The third kappa shape index (κ3) is 7.32. The normalized spacial score (nSPS) is 49.6. The van der Waals surface area contributed by atoms with Crippen molar-refractivity contribution < 1.29 is 69.0 Å². The average Bonchev–Trinajstić information content (AvgIpc) is 3.18. The first kappa shape index (κ1) is 46.3. The van der Waals surface area contributed by atoms with Crippen molar-refractivity contribution in [1.29, 1.82) is 0 Å². The molecular formula is C46H74O14. The number of carbonyl (C=O) groups excluding carboxylic acids is 1. The van der Waals surface area contributed by atoms with E-state index >= 15 is 0 Å². The van der Waals surface area contributed by atoms with Gasteiger partial charge in [0.15, 0.2) is 12.4 Å². The highest BCUT2D eigenvalue weighted by Crippen LogP contribution is 2.76. The number of carboxylic acid groups (broad SMARTS) is 1. The van der Waals surface area contributed by atoms with Gasteiger partial charge in [-0.25, -0.2) is 4.79 Å². The Labute approximate surface area is 355 Å². The van der Waals surface area contributed by atoms with E-state index in [0.717, 1.165) is 57.8 Å². The van der Waals surface area contributed by atoms with Crippen LogP contribution in [-0.4, -0.2) is 128 Å². The summed E-state index contributed by atoms with van der Waals surface area (Å²) in [6, 6.07) is 0. The fraction of sp³-hybridized carbons (Fsp3) is 0.913. The van der Waals surface area contributed by atoms with Gasteiger partial charge in [-0.1, -0.05) is 73.5 Å². The van der Waals surface area contributed by atoms with Crippen molar-refractivity contribution in [3.8, 4) is 0 Å². The van der Waals surface area contributed by atoms with Crippen LogP contribution < -0.4 is 0 Å². The number of ether oxygens (including phenoxy) is 5. The number of aliphatic hydroxyl groups is 6. The van der Waals surface area contributed by atoms with Crippen LogP contribution in [0, 0.1) is 50.2 Å². The molecule has 7 rings (SSSR count). The molecule has 7 N–H and O–H groups in total. The van der Waals surface area contributed by atoms with Crippen LogP contribution in [0.15, 0.2) is 11.6 Å². The highest BCUT2D eigenvalue weighted by Gasteiger charge is 2.70. The molecule has 60 heavy (non-hydrogen) atoms. The fourth-order valence-corrected chi connectivity index (χ4v) is 14.0. The first-order chi connectivity index (χ1) is 28.0. The van der Waals surface area contributed by atoms with Gasteiger partial charge in [0.05, 0.1) is 18.1 Å². The summed E-state index contributed by atoms with van der Waals surface area (Å²) >= 11 is 0. The van der Waals surface area contributed by atoms with E-state index in [2.05, 4.69) is 54.5 Å². The van der Waals surface area contributed by atoms with Crippen molar-refractivity contribution in [2.75, 3.05) is 13.2 Å². The molecule has 6 fully saturated rings. The van der Waals surface area contributed by atoms with E-state index in [1.165, 1.54) is 5.57 Å². The molecule has 5 aliphatic carbocycles. The van der Waals surface area contributed by atoms with Crippen LogP contribution in [0.5, 0.6) is 0 Å².